The van der Waals surface area contributed by atoms with Crippen LogP contribution >= 0.6 is 11.6 Å². The number of nitrogens with zero attached hydrogens (tertiary/aromatic N) is 4. The molecular formula is C19H22ClFN4O. The van der Waals surface area contributed by atoms with Crippen molar-refractivity contribution in [2.75, 3.05) is 26.2 Å². The first-order chi connectivity index (χ1) is 12.6. The minimum Gasteiger partial charge on any atom is -0.337 e. The normalized spacial score (nSPS) is 15.7. The lowest BCUT2D eigenvalue weighted by molar-refractivity contribution is 0.0756. The summed E-state index contributed by atoms with van der Waals surface area (Å²) in [4.78, 5) is 25.4. The van der Waals surface area contributed by atoms with Gasteiger partial charge in [-0.3, -0.25) is 9.69 Å². The van der Waals surface area contributed by atoms with Gasteiger partial charge in [-0.15, -0.1) is 0 Å². The Bertz CT molecular complexity index is 766. The fraction of sp³-hybridized carbons (Fsp3) is 0.421. The minimum atomic E-state index is -0.573. The maximum Gasteiger partial charge on any atom is 0.258 e. The molecule has 138 valence electrons. The molecule has 1 aliphatic rings. The van der Waals surface area contributed by atoms with Gasteiger partial charge >= 0.3 is 0 Å². The zero-order chi connectivity index (χ0) is 18.5. The molecule has 1 aromatic heterocycles. The third-order valence-corrected chi connectivity index (χ3v) is 4.83. The van der Waals surface area contributed by atoms with Gasteiger partial charge < -0.3 is 4.90 Å². The van der Waals surface area contributed by atoms with Gasteiger partial charge in [0.25, 0.3) is 5.91 Å². The van der Waals surface area contributed by atoms with Crippen molar-refractivity contribution in [3.63, 3.8) is 0 Å². The number of aromatic nitrogens is 2. The fourth-order valence-corrected chi connectivity index (χ4v) is 3.36. The van der Waals surface area contributed by atoms with E-state index in [1.807, 2.05) is 13.0 Å². The summed E-state index contributed by atoms with van der Waals surface area (Å²) >= 11 is 6.04. The van der Waals surface area contributed by atoms with Gasteiger partial charge in [0.15, 0.2) is 0 Å². The minimum absolute atomic E-state index is 0.0361. The lowest BCUT2D eigenvalue weighted by Gasteiger charge is -2.22. The van der Waals surface area contributed by atoms with Crippen molar-refractivity contribution in [3.8, 4) is 0 Å². The molecule has 0 atom stereocenters. The lowest BCUT2D eigenvalue weighted by Crippen LogP contribution is -2.35. The molecule has 1 amide bonds. The number of hydrogen-bond donors (Lipinski definition) is 0. The van der Waals surface area contributed by atoms with Gasteiger partial charge in [-0.1, -0.05) is 24.6 Å². The van der Waals surface area contributed by atoms with Crippen molar-refractivity contribution >= 4 is 17.5 Å². The van der Waals surface area contributed by atoms with E-state index < -0.39 is 5.82 Å². The largest absolute Gasteiger partial charge is 0.337 e. The maximum absolute atomic E-state index is 14.0. The van der Waals surface area contributed by atoms with E-state index >= 15 is 0 Å². The molecule has 3 rings (SSSR count). The van der Waals surface area contributed by atoms with Crippen molar-refractivity contribution in [2.24, 2.45) is 0 Å². The second kappa shape index (κ2) is 8.56. The molecule has 0 spiro atoms. The lowest BCUT2D eigenvalue weighted by atomic mass is 10.1. The Morgan fingerprint density at radius 1 is 1.23 bits per heavy atom. The predicted molar refractivity (Wildman–Crippen MR) is 98.6 cm³/mol. The van der Waals surface area contributed by atoms with Crippen molar-refractivity contribution in [3.05, 3.63) is 58.4 Å². The monoisotopic (exact) mass is 376 g/mol. The highest BCUT2D eigenvalue weighted by Gasteiger charge is 2.24. The molecule has 1 saturated heterocycles. The van der Waals surface area contributed by atoms with Crippen LogP contribution in [0, 0.1) is 5.82 Å². The number of carbonyl (C=O) groups excluding carboxylic acids is 1. The van der Waals surface area contributed by atoms with Gasteiger partial charge in [-0.2, -0.15) is 0 Å². The number of hydrogen-bond acceptors (Lipinski definition) is 4. The summed E-state index contributed by atoms with van der Waals surface area (Å²) in [5.74, 6) is -0.0785. The molecule has 1 aliphatic heterocycles. The zero-order valence-corrected chi connectivity index (χ0v) is 15.5. The molecule has 1 aromatic carbocycles. The molecule has 5 nitrogen and oxygen atoms in total. The van der Waals surface area contributed by atoms with Crippen molar-refractivity contribution in [1.82, 2.24) is 19.8 Å². The summed E-state index contributed by atoms with van der Waals surface area (Å²) in [6, 6.07) is 6.24. The molecule has 0 radical (unpaired) electrons. The van der Waals surface area contributed by atoms with Crippen LogP contribution in [-0.2, 0) is 13.0 Å². The van der Waals surface area contributed by atoms with Gasteiger partial charge in [-0.05, 0) is 24.6 Å². The Morgan fingerprint density at radius 3 is 2.85 bits per heavy atom. The second-order valence-corrected chi connectivity index (χ2v) is 6.74. The van der Waals surface area contributed by atoms with Crippen LogP contribution in [0.25, 0.3) is 0 Å². The van der Waals surface area contributed by atoms with Crippen LogP contribution in [0.1, 0.15) is 35.2 Å². The van der Waals surface area contributed by atoms with Gasteiger partial charge in [-0.25, -0.2) is 14.4 Å². The van der Waals surface area contributed by atoms with Crippen LogP contribution in [0.3, 0.4) is 0 Å². The van der Waals surface area contributed by atoms with Gasteiger partial charge in [0.05, 0.1) is 16.3 Å². The first-order valence-corrected chi connectivity index (χ1v) is 9.22. The van der Waals surface area contributed by atoms with Crippen molar-refractivity contribution in [2.45, 2.75) is 26.3 Å². The summed E-state index contributed by atoms with van der Waals surface area (Å²) in [5.41, 5.74) is 0.944. The Hall–Kier alpha value is -2.05. The number of aryl methyl sites for hydroxylation is 1. The van der Waals surface area contributed by atoms with Crippen LogP contribution in [0.15, 0.2) is 30.5 Å². The summed E-state index contributed by atoms with van der Waals surface area (Å²) in [6.07, 6.45) is 3.41. The van der Waals surface area contributed by atoms with E-state index in [1.54, 1.807) is 17.2 Å². The highest BCUT2D eigenvalue weighted by atomic mass is 35.5. The quantitative estimate of drug-likeness (QED) is 0.822. The average Bonchev–Trinajstić information content (AvgIpc) is 2.87. The van der Waals surface area contributed by atoms with E-state index in [2.05, 4.69) is 14.9 Å². The molecule has 0 aliphatic carbocycles. The Labute approximate surface area is 157 Å². The summed E-state index contributed by atoms with van der Waals surface area (Å²) in [5, 5.41) is 0.157. The Morgan fingerprint density at radius 2 is 2.08 bits per heavy atom. The molecular weight excluding hydrogens is 355 g/mol. The maximum atomic E-state index is 14.0. The number of benzene rings is 1. The van der Waals surface area contributed by atoms with Crippen molar-refractivity contribution < 1.29 is 9.18 Å². The first kappa shape index (κ1) is 18.7. The number of halogens is 2. The summed E-state index contributed by atoms with van der Waals surface area (Å²) < 4.78 is 14.0. The van der Waals surface area contributed by atoms with Gasteiger partial charge in [0.1, 0.15) is 11.6 Å². The third kappa shape index (κ3) is 4.37. The molecule has 0 bridgehead atoms. The van der Waals surface area contributed by atoms with Crippen LogP contribution < -0.4 is 0 Å². The van der Waals surface area contributed by atoms with E-state index in [9.17, 15) is 9.18 Å². The highest BCUT2D eigenvalue weighted by molar-refractivity contribution is 6.33. The Kier molecular flexibility index (Phi) is 6.16. The molecule has 0 N–H and O–H groups in total. The number of carbonyl (C=O) groups is 1. The van der Waals surface area contributed by atoms with E-state index in [0.29, 0.717) is 19.6 Å². The molecule has 0 saturated carbocycles. The van der Waals surface area contributed by atoms with E-state index in [4.69, 9.17) is 11.6 Å². The average molecular weight is 377 g/mol. The molecule has 0 unspecified atom stereocenters. The molecule has 2 heterocycles. The zero-order valence-electron chi connectivity index (χ0n) is 14.8. The smallest absolute Gasteiger partial charge is 0.258 e. The van der Waals surface area contributed by atoms with Crippen LogP contribution in [-0.4, -0.2) is 51.9 Å². The Balaban J connectivity index is 1.65. The summed E-state index contributed by atoms with van der Waals surface area (Å²) in [7, 11) is 0. The summed E-state index contributed by atoms with van der Waals surface area (Å²) in [6.45, 7) is 5.45. The fourth-order valence-electron chi connectivity index (χ4n) is 3.12. The number of amides is 1. The molecule has 1 fully saturated rings. The van der Waals surface area contributed by atoms with E-state index in [-0.39, 0.29) is 16.5 Å². The third-order valence-electron chi connectivity index (χ3n) is 4.52. The standard InChI is InChI=1S/C19H22ClFN4O/c1-2-17-22-8-7-14(23-17)13-24-9-4-10-25(12-11-24)19(26)18-15(20)5-3-6-16(18)21/h3,5-8H,2,4,9-13H2,1H3. The van der Waals surface area contributed by atoms with E-state index in [1.165, 1.54) is 12.1 Å². The van der Waals surface area contributed by atoms with Crippen molar-refractivity contribution in [1.29, 1.82) is 0 Å². The number of rotatable bonds is 4. The van der Waals surface area contributed by atoms with Gasteiger partial charge in [0.2, 0.25) is 0 Å². The molecule has 2 aromatic rings. The molecule has 26 heavy (non-hydrogen) atoms. The second-order valence-electron chi connectivity index (χ2n) is 6.34. The SMILES string of the molecule is CCc1nccc(CN2CCCN(C(=O)c3c(F)cccc3Cl)CC2)n1. The topological polar surface area (TPSA) is 49.3 Å². The van der Waals surface area contributed by atoms with Gasteiger partial charge in [0, 0.05) is 45.3 Å². The van der Waals surface area contributed by atoms with Crippen LogP contribution in [0.5, 0.6) is 0 Å². The van der Waals surface area contributed by atoms with Crippen LogP contribution in [0.2, 0.25) is 5.02 Å². The molecule has 7 heteroatoms. The first-order valence-electron chi connectivity index (χ1n) is 8.85. The highest BCUT2D eigenvalue weighted by Crippen LogP contribution is 2.21. The van der Waals surface area contributed by atoms with E-state index in [0.717, 1.165) is 37.4 Å². The predicted octanol–water partition coefficient (Wildman–Crippen LogP) is 3.18. The van der Waals surface area contributed by atoms with Crippen LogP contribution in [0.4, 0.5) is 4.39 Å².